The van der Waals surface area contributed by atoms with E-state index in [1.165, 1.54) is 12.1 Å². The number of carbonyl (C=O) groups is 1. The van der Waals surface area contributed by atoms with Crippen LogP contribution in [0.4, 0.5) is 0 Å². The van der Waals surface area contributed by atoms with Crippen molar-refractivity contribution in [2.24, 2.45) is 0 Å². The van der Waals surface area contributed by atoms with Gasteiger partial charge in [0.2, 0.25) is 10.0 Å². The third-order valence-corrected chi connectivity index (χ3v) is 6.21. The lowest BCUT2D eigenvalue weighted by molar-refractivity contribution is -0.119. The van der Waals surface area contributed by atoms with Gasteiger partial charge in [-0.2, -0.15) is 4.31 Å². The van der Waals surface area contributed by atoms with Crippen LogP contribution >= 0.6 is 7.60 Å². The van der Waals surface area contributed by atoms with Crippen LogP contribution in [0.2, 0.25) is 0 Å². The highest BCUT2D eigenvalue weighted by Gasteiger charge is 2.40. The van der Waals surface area contributed by atoms with Crippen LogP contribution in [-0.2, 0) is 19.4 Å². The minimum Gasteiger partial charge on any atom is -0.324 e. The summed E-state index contributed by atoms with van der Waals surface area (Å²) in [7, 11) is -8.35. The molecule has 7 nitrogen and oxygen atoms in total. The molecule has 1 heterocycles. The Bertz CT molecular complexity index is 709. The van der Waals surface area contributed by atoms with Crippen molar-refractivity contribution in [2.45, 2.75) is 30.7 Å². The smallest absolute Gasteiger partial charge is 0.324 e. The fourth-order valence-corrected chi connectivity index (χ4v) is 4.80. The van der Waals surface area contributed by atoms with Gasteiger partial charge in [0.25, 0.3) is 0 Å². The zero-order chi connectivity index (χ0) is 16.5. The van der Waals surface area contributed by atoms with Crippen LogP contribution in [-0.4, -0.2) is 47.0 Å². The molecule has 1 aromatic carbocycles. The molecule has 0 saturated carbocycles. The van der Waals surface area contributed by atoms with E-state index in [0.717, 1.165) is 9.87 Å². The molecule has 0 aliphatic carbocycles. The quantitative estimate of drug-likeness (QED) is 0.765. The first-order valence-electron chi connectivity index (χ1n) is 6.77. The summed E-state index contributed by atoms with van der Waals surface area (Å²) in [4.78, 5) is 29.9. The predicted octanol–water partition coefficient (Wildman–Crippen LogP) is 0.895. The minimum absolute atomic E-state index is 0.0778. The third-order valence-electron chi connectivity index (χ3n) is 3.56. The number of benzene rings is 1. The van der Waals surface area contributed by atoms with Gasteiger partial charge in [-0.1, -0.05) is 17.7 Å². The van der Waals surface area contributed by atoms with Crippen LogP contribution in [0.5, 0.6) is 0 Å². The highest BCUT2D eigenvalue weighted by molar-refractivity contribution is 7.89. The molecule has 1 aromatic rings. The van der Waals surface area contributed by atoms with Gasteiger partial charge in [-0.3, -0.25) is 9.36 Å². The molecule has 22 heavy (non-hydrogen) atoms. The number of nitrogens with zero attached hydrogens (tertiary/aromatic N) is 1. The summed E-state index contributed by atoms with van der Waals surface area (Å²) >= 11 is 0. The number of carbonyl (C=O) groups excluding carboxylic acids is 1. The Morgan fingerprint density at radius 2 is 1.91 bits per heavy atom. The fraction of sp³-hybridized carbons (Fsp3) is 0.462. The molecular formula is C13H18NO6PS. The number of rotatable bonds is 5. The number of aryl methyl sites for hydroxylation is 1. The van der Waals surface area contributed by atoms with Gasteiger partial charge in [0.05, 0.1) is 10.9 Å². The van der Waals surface area contributed by atoms with Gasteiger partial charge in [-0.05, 0) is 31.9 Å². The molecule has 1 atom stereocenters. The summed E-state index contributed by atoms with van der Waals surface area (Å²) in [6.45, 7) is 2.01. The van der Waals surface area contributed by atoms with Crippen LogP contribution in [0, 0.1) is 6.92 Å². The van der Waals surface area contributed by atoms with Crippen molar-refractivity contribution in [3.8, 4) is 0 Å². The van der Waals surface area contributed by atoms with Gasteiger partial charge >= 0.3 is 7.60 Å². The highest BCUT2D eigenvalue weighted by Crippen LogP contribution is 2.36. The average molecular weight is 347 g/mol. The van der Waals surface area contributed by atoms with Gasteiger partial charge in [0.15, 0.2) is 5.78 Å². The maximum absolute atomic E-state index is 12.6. The van der Waals surface area contributed by atoms with Crippen molar-refractivity contribution < 1.29 is 27.6 Å². The molecule has 0 bridgehead atoms. The molecule has 122 valence electrons. The van der Waals surface area contributed by atoms with E-state index in [1.54, 1.807) is 12.1 Å². The SMILES string of the molecule is Cc1ccc(S(=O)(=O)N2CCC[C@H]2C(=O)CP(=O)(O)O)cc1. The normalized spacial score (nSPS) is 20.2. The van der Waals surface area contributed by atoms with Crippen LogP contribution < -0.4 is 0 Å². The number of hydrogen-bond acceptors (Lipinski definition) is 4. The molecular weight excluding hydrogens is 329 g/mol. The van der Waals surface area contributed by atoms with Crippen molar-refractivity contribution in [3.63, 3.8) is 0 Å². The number of ketones is 1. The second kappa shape index (κ2) is 6.22. The zero-order valence-corrected chi connectivity index (χ0v) is 13.8. The van der Waals surface area contributed by atoms with Crippen LogP contribution in [0.1, 0.15) is 18.4 Å². The molecule has 2 N–H and O–H groups in total. The molecule has 0 aromatic heterocycles. The molecule has 0 radical (unpaired) electrons. The molecule has 1 aliphatic rings. The Morgan fingerprint density at radius 1 is 1.32 bits per heavy atom. The van der Waals surface area contributed by atoms with E-state index in [2.05, 4.69) is 0 Å². The van der Waals surface area contributed by atoms with Crippen molar-refractivity contribution >= 4 is 23.4 Å². The summed E-state index contributed by atoms with van der Waals surface area (Å²) in [6.07, 6.45) is -0.163. The Morgan fingerprint density at radius 3 is 2.45 bits per heavy atom. The zero-order valence-electron chi connectivity index (χ0n) is 12.0. The maximum atomic E-state index is 12.6. The molecule has 1 aliphatic heterocycles. The van der Waals surface area contributed by atoms with Gasteiger partial charge in [-0.25, -0.2) is 8.42 Å². The molecule has 0 unspecified atom stereocenters. The summed E-state index contributed by atoms with van der Waals surface area (Å²) in [6, 6.07) is 5.25. The highest BCUT2D eigenvalue weighted by atomic mass is 32.2. The van der Waals surface area contributed by atoms with Crippen molar-refractivity contribution in [1.29, 1.82) is 0 Å². The minimum atomic E-state index is -4.50. The van der Waals surface area contributed by atoms with Gasteiger partial charge in [0, 0.05) is 6.54 Å². The van der Waals surface area contributed by atoms with Gasteiger partial charge < -0.3 is 9.79 Å². The second-order valence-electron chi connectivity index (χ2n) is 5.38. The molecule has 1 fully saturated rings. The lowest BCUT2D eigenvalue weighted by atomic mass is 10.2. The van der Waals surface area contributed by atoms with E-state index in [4.69, 9.17) is 9.79 Å². The largest absolute Gasteiger partial charge is 0.332 e. The topological polar surface area (TPSA) is 112 Å². The van der Waals surface area contributed by atoms with Crippen molar-refractivity contribution in [2.75, 3.05) is 12.7 Å². The average Bonchev–Trinajstić information content (AvgIpc) is 2.87. The van der Waals surface area contributed by atoms with E-state index in [-0.39, 0.29) is 17.9 Å². The first kappa shape index (κ1) is 17.3. The Balaban J connectivity index is 2.28. The predicted molar refractivity (Wildman–Crippen MR) is 80.0 cm³/mol. The van der Waals surface area contributed by atoms with Crippen LogP contribution in [0.25, 0.3) is 0 Å². The lowest BCUT2D eigenvalue weighted by Crippen LogP contribution is -2.41. The molecule has 1 saturated heterocycles. The molecule has 0 amide bonds. The van der Waals surface area contributed by atoms with E-state index in [0.29, 0.717) is 6.42 Å². The Hall–Kier alpha value is -1.05. The summed E-state index contributed by atoms with van der Waals surface area (Å²) in [5.41, 5.74) is 0.912. The summed E-state index contributed by atoms with van der Waals surface area (Å²) in [5.74, 6) is -0.735. The van der Waals surface area contributed by atoms with Crippen molar-refractivity contribution in [3.05, 3.63) is 29.8 Å². The molecule has 9 heteroatoms. The fourth-order valence-electron chi connectivity index (χ4n) is 2.50. The third kappa shape index (κ3) is 3.83. The van der Waals surface area contributed by atoms with E-state index in [9.17, 15) is 17.8 Å². The number of sulfonamides is 1. The Labute approximate surface area is 129 Å². The maximum Gasteiger partial charge on any atom is 0.332 e. The summed E-state index contributed by atoms with van der Waals surface area (Å²) in [5, 5.41) is 0. The standard InChI is InChI=1S/C13H18NO6PS/c1-10-4-6-11(7-5-10)22(19,20)14-8-2-3-12(14)13(15)9-21(16,17)18/h4-7,12H,2-3,8-9H2,1H3,(H2,16,17,18)/t12-/m0/s1. The van der Waals surface area contributed by atoms with E-state index < -0.39 is 35.6 Å². The Kier molecular flexibility index (Phi) is 4.89. The second-order valence-corrected chi connectivity index (χ2v) is 8.91. The monoisotopic (exact) mass is 347 g/mol. The molecule has 2 rings (SSSR count). The number of hydrogen-bond donors (Lipinski definition) is 2. The van der Waals surface area contributed by atoms with Crippen molar-refractivity contribution in [1.82, 2.24) is 4.31 Å². The lowest BCUT2D eigenvalue weighted by Gasteiger charge is -2.23. The van der Waals surface area contributed by atoms with Gasteiger partial charge in [-0.15, -0.1) is 0 Å². The number of Topliss-reactive ketones (excluding diaryl/α,β-unsaturated/α-hetero) is 1. The van der Waals surface area contributed by atoms with Crippen LogP contribution in [0.15, 0.2) is 29.2 Å². The summed E-state index contributed by atoms with van der Waals surface area (Å²) < 4.78 is 37.2. The first-order chi connectivity index (χ1) is 10.1. The van der Waals surface area contributed by atoms with E-state index >= 15 is 0 Å². The molecule has 0 spiro atoms. The van der Waals surface area contributed by atoms with Crippen LogP contribution in [0.3, 0.4) is 0 Å². The first-order valence-corrected chi connectivity index (χ1v) is 10.0. The van der Waals surface area contributed by atoms with E-state index in [1.807, 2.05) is 6.92 Å². The van der Waals surface area contributed by atoms with Gasteiger partial charge in [0.1, 0.15) is 6.16 Å².